The molecular weight excluding hydrogens is 276 g/mol. The minimum absolute atomic E-state index is 0.140. The van der Waals surface area contributed by atoms with Gasteiger partial charge in [-0.3, -0.25) is 0 Å². The molecular formula is C15H16O6. The predicted octanol–water partition coefficient (Wildman–Crippen LogP) is 2.83. The first-order valence-corrected chi connectivity index (χ1v) is 6.79. The van der Waals surface area contributed by atoms with Gasteiger partial charge in [0.15, 0.2) is 0 Å². The van der Waals surface area contributed by atoms with E-state index in [1.54, 1.807) is 0 Å². The van der Waals surface area contributed by atoms with Gasteiger partial charge in [-0.25, -0.2) is 14.4 Å². The van der Waals surface area contributed by atoms with E-state index in [0.717, 1.165) is 44.2 Å². The van der Waals surface area contributed by atoms with E-state index in [9.17, 15) is 24.6 Å². The lowest BCUT2D eigenvalue weighted by Crippen LogP contribution is -2.17. The van der Waals surface area contributed by atoms with Crippen LogP contribution in [0.25, 0.3) is 0 Å². The zero-order chi connectivity index (χ0) is 15.6. The quantitative estimate of drug-likeness (QED) is 0.786. The predicted molar refractivity (Wildman–Crippen MR) is 73.1 cm³/mol. The summed E-state index contributed by atoms with van der Waals surface area (Å²) < 4.78 is 0. The van der Waals surface area contributed by atoms with E-state index in [0.29, 0.717) is 0 Å². The third kappa shape index (κ3) is 3.04. The lowest BCUT2D eigenvalue weighted by Gasteiger charge is -2.25. The first kappa shape index (κ1) is 15.0. The molecule has 0 amide bonds. The van der Waals surface area contributed by atoms with Crippen molar-refractivity contribution in [2.75, 3.05) is 0 Å². The highest BCUT2D eigenvalue weighted by atomic mass is 16.4. The van der Waals surface area contributed by atoms with E-state index in [-0.39, 0.29) is 28.2 Å². The summed E-state index contributed by atoms with van der Waals surface area (Å²) in [6, 6.07) is 2.11. The van der Waals surface area contributed by atoms with Gasteiger partial charge in [0.2, 0.25) is 0 Å². The molecule has 0 aliphatic heterocycles. The first-order valence-electron chi connectivity index (χ1n) is 6.79. The highest BCUT2D eigenvalue weighted by molar-refractivity contribution is 6.01. The molecule has 1 aromatic rings. The summed E-state index contributed by atoms with van der Waals surface area (Å²) in [5, 5.41) is 27.7. The smallest absolute Gasteiger partial charge is 0.336 e. The minimum atomic E-state index is -1.34. The van der Waals surface area contributed by atoms with Crippen LogP contribution in [-0.4, -0.2) is 33.2 Å². The molecule has 0 atom stereocenters. The van der Waals surface area contributed by atoms with Gasteiger partial charge in [-0.2, -0.15) is 0 Å². The number of rotatable bonds is 4. The zero-order valence-corrected chi connectivity index (χ0v) is 11.3. The molecule has 0 spiro atoms. The monoisotopic (exact) mass is 292 g/mol. The third-order valence-corrected chi connectivity index (χ3v) is 3.90. The second-order valence-corrected chi connectivity index (χ2v) is 5.24. The Hall–Kier alpha value is -2.37. The van der Waals surface area contributed by atoms with Crippen LogP contribution < -0.4 is 0 Å². The van der Waals surface area contributed by atoms with E-state index in [1.165, 1.54) is 0 Å². The highest BCUT2D eigenvalue weighted by Gasteiger charge is 2.28. The summed E-state index contributed by atoms with van der Waals surface area (Å²) in [4.78, 5) is 33.9. The summed E-state index contributed by atoms with van der Waals surface area (Å²) in [7, 11) is 0. The van der Waals surface area contributed by atoms with Crippen molar-refractivity contribution in [1.29, 1.82) is 0 Å². The Morgan fingerprint density at radius 1 is 0.810 bits per heavy atom. The molecule has 1 saturated carbocycles. The molecule has 3 N–H and O–H groups in total. The molecule has 112 valence electrons. The van der Waals surface area contributed by atoms with Gasteiger partial charge in [0.05, 0.1) is 16.7 Å². The maximum Gasteiger partial charge on any atom is 0.336 e. The maximum absolute atomic E-state index is 11.4. The molecule has 6 nitrogen and oxygen atoms in total. The fourth-order valence-corrected chi connectivity index (χ4v) is 2.96. The molecule has 1 aromatic carbocycles. The summed E-state index contributed by atoms with van der Waals surface area (Å²) in [5.41, 5.74) is -0.470. The number of carbonyl (C=O) groups is 3. The van der Waals surface area contributed by atoms with Crippen LogP contribution in [0.5, 0.6) is 0 Å². The highest BCUT2D eigenvalue weighted by Crippen LogP contribution is 2.37. The van der Waals surface area contributed by atoms with Gasteiger partial charge in [-0.1, -0.05) is 19.3 Å². The number of hydrogen-bond acceptors (Lipinski definition) is 3. The van der Waals surface area contributed by atoms with Gasteiger partial charge >= 0.3 is 17.9 Å². The van der Waals surface area contributed by atoms with Crippen LogP contribution in [0.4, 0.5) is 0 Å². The maximum atomic E-state index is 11.4. The van der Waals surface area contributed by atoms with E-state index in [2.05, 4.69) is 0 Å². The normalized spacial score (nSPS) is 15.6. The Bertz CT molecular complexity index is 563. The van der Waals surface area contributed by atoms with Gasteiger partial charge < -0.3 is 15.3 Å². The Morgan fingerprint density at radius 3 is 1.67 bits per heavy atom. The zero-order valence-electron chi connectivity index (χ0n) is 11.3. The molecule has 0 radical (unpaired) electrons. The van der Waals surface area contributed by atoms with E-state index >= 15 is 0 Å². The van der Waals surface area contributed by atoms with Crippen LogP contribution in [0.1, 0.15) is 74.7 Å². The van der Waals surface area contributed by atoms with Crippen LogP contribution in [-0.2, 0) is 0 Å². The number of carboxylic acid groups (broad SMARTS) is 3. The lowest BCUT2D eigenvalue weighted by molar-refractivity contribution is 0.0693. The van der Waals surface area contributed by atoms with E-state index < -0.39 is 17.9 Å². The van der Waals surface area contributed by atoms with Crippen molar-refractivity contribution in [2.45, 2.75) is 38.0 Å². The fourth-order valence-electron chi connectivity index (χ4n) is 2.96. The summed E-state index contributed by atoms with van der Waals surface area (Å²) >= 11 is 0. The third-order valence-electron chi connectivity index (χ3n) is 3.90. The number of carboxylic acids is 3. The van der Waals surface area contributed by atoms with Crippen molar-refractivity contribution in [2.24, 2.45) is 0 Å². The van der Waals surface area contributed by atoms with Gasteiger partial charge in [-0.15, -0.1) is 0 Å². The van der Waals surface area contributed by atoms with Crippen molar-refractivity contribution >= 4 is 17.9 Å². The van der Waals surface area contributed by atoms with Crippen molar-refractivity contribution < 1.29 is 29.7 Å². The molecule has 0 bridgehead atoms. The second-order valence-electron chi connectivity index (χ2n) is 5.24. The fraction of sp³-hybridized carbons (Fsp3) is 0.400. The van der Waals surface area contributed by atoms with Crippen LogP contribution in [0.2, 0.25) is 0 Å². The molecule has 0 aromatic heterocycles. The second kappa shape index (κ2) is 5.95. The SMILES string of the molecule is O=C(O)c1cc(C(=O)O)c(C2CCCCC2)c(C(=O)O)c1. The minimum Gasteiger partial charge on any atom is -0.478 e. The van der Waals surface area contributed by atoms with Gasteiger partial charge in [-0.05, 0) is 36.5 Å². The standard InChI is InChI=1S/C15H16O6/c16-13(17)9-6-10(14(18)19)12(11(7-9)15(20)21)8-4-2-1-3-5-8/h6-8H,1-5H2,(H,16,17)(H,18,19)(H,20,21). The summed E-state index contributed by atoms with van der Waals surface area (Å²) in [6.07, 6.45) is 4.35. The van der Waals surface area contributed by atoms with Gasteiger partial charge in [0.25, 0.3) is 0 Å². The Balaban J connectivity index is 2.66. The lowest BCUT2D eigenvalue weighted by atomic mass is 9.79. The number of benzene rings is 1. The summed E-state index contributed by atoms with van der Waals surface area (Å²) in [5.74, 6) is -4.06. The Kier molecular flexibility index (Phi) is 4.26. The van der Waals surface area contributed by atoms with Crippen LogP contribution in [0, 0.1) is 0 Å². The van der Waals surface area contributed by atoms with Crippen LogP contribution in [0.3, 0.4) is 0 Å². The Morgan fingerprint density at radius 2 is 1.29 bits per heavy atom. The molecule has 1 aliphatic carbocycles. The van der Waals surface area contributed by atoms with Gasteiger partial charge in [0.1, 0.15) is 0 Å². The van der Waals surface area contributed by atoms with Crippen LogP contribution in [0.15, 0.2) is 12.1 Å². The molecule has 21 heavy (non-hydrogen) atoms. The number of hydrogen-bond donors (Lipinski definition) is 3. The van der Waals surface area contributed by atoms with E-state index in [1.807, 2.05) is 0 Å². The Labute approximate surface area is 121 Å². The number of aromatic carboxylic acids is 3. The molecule has 2 rings (SSSR count). The average molecular weight is 292 g/mol. The first-order chi connectivity index (χ1) is 9.91. The van der Waals surface area contributed by atoms with Crippen molar-refractivity contribution in [3.8, 4) is 0 Å². The van der Waals surface area contributed by atoms with E-state index in [4.69, 9.17) is 5.11 Å². The molecule has 6 heteroatoms. The van der Waals surface area contributed by atoms with Crippen molar-refractivity contribution in [3.05, 3.63) is 34.4 Å². The molecule has 0 unspecified atom stereocenters. The van der Waals surface area contributed by atoms with Gasteiger partial charge in [0, 0.05) is 0 Å². The topological polar surface area (TPSA) is 112 Å². The average Bonchev–Trinajstić information content (AvgIpc) is 2.46. The molecule has 1 aliphatic rings. The summed E-state index contributed by atoms with van der Waals surface area (Å²) in [6.45, 7) is 0. The molecule has 0 saturated heterocycles. The van der Waals surface area contributed by atoms with Crippen LogP contribution >= 0.6 is 0 Å². The van der Waals surface area contributed by atoms with Crippen molar-refractivity contribution in [1.82, 2.24) is 0 Å². The largest absolute Gasteiger partial charge is 0.478 e. The molecule has 1 fully saturated rings. The molecule has 0 heterocycles. The van der Waals surface area contributed by atoms with Crippen molar-refractivity contribution in [3.63, 3.8) is 0 Å².